The Morgan fingerprint density at radius 1 is 1.28 bits per heavy atom. The maximum absolute atomic E-state index is 12.8. The summed E-state index contributed by atoms with van der Waals surface area (Å²) in [6.07, 6.45) is 7.74. The van der Waals surface area contributed by atoms with E-state index >= 15 is 0 Å². The molecule has 2 aromatic rings. The Bertz CT molecular complexity index is 821. The Labute approximate surface area is 145 Å². The van der Waals surface area contributed by atoms with E-state index < -0.39 is 0 Å². The molecule has 1 atom stereocenters. The van der Waals surface area contributed by atoms with Crippen molar-refractivity contribution in [2.45, 2.75) is 49.9 Å². The highest BCUT2D eigenvalue weighted by Gasteiger charge is 2.43. The summed E-state index contributed by atoms with van der Waals surface area (Å²) in [4.78, 5) is 23.6. The summed E-state index contributed by atoms with van der Waals surface area (Å²) in [7, 11) is 0. The number of aliphatic hydroxyl groups excluding tert-OH is 1. The van der Waals surface area contributed by atoms with Crippen molar-refractivity contribution < 1.29 is 14.6 Å². The summed E-state index contributed by atoms with van der Waals surface area (Å²) in [5.74, 6) is 0.00349. The number of carbonyl (C=O) groups is 1. The lowest BCUT2D eigenvalue weighted by atomic mass is 9.88. The summed E-state index contributed by atoms with van der Waals surface area (Å²) in [5, 5.41) is 9.72. The van der Waals surface area contributed by atoms with Gasteiger partial charge in [0, 0.05) is 31.7 Å². The van der Waals surface area contributed by atoms with E-state index in [2.05, 4.69) is 14.5 Å². The molecule has 2 aliphatic heterocycles. The number of aliphatic hydroxyl groups is 1. The lowest BCUT2D eigenvalue weighted by molar-refractivity contribution is -0.0397. The molecule has 0 aromatic carbocycles. The highest BCUT2D eigenvalue weighted by atomic mass is 16.5. The molecule has 0 radical (unpaired) electrons. The van der Waals surface area contributed by atoms with Gasteiger partial charge in [0.25, 0.3) is 5.91 Å². The van der Waals surface area contributed by atoms with E-state index in [1.54, 1.807) is 6.20 Å². The number of imidazole rings is 1. The van der Waals surface area contributed by atoms with Crippen molar-refractivity contribution in [2.24, 2.45) is 0 Å². The van der Waals surface area contributed by atoms with Crippen molar-refractivity contribution in [2.75, 3.05) is 19.7 Å². The third kappa shape index (κ3) is 2.62. The number of rotatable bonds is 2. The number of aromatic nitrogens is 3. The van der Waals surface area contributed by atoms with E-state index in [4.69, 9.17) is 4.74 Å². The molecule has 2 saturated heterocycles. The maximum Gasteiger partial charge on any atom is 0.255 e. The van der Waals surface area contributed by atoms with Gasteiger partial charge in [-0.3, -0.25) is 4.79 Å². The van der Waals surface area contributed by atoms with E-state index in [9.17, 15) is 9.90 Å². The smallest absolute Gasteiger partial charge is 0.255 e. The highest BCUT2D eigenvalue weighted by Crippen LogP contribution is 2.37. The lowest BCUT2D eigenvalue weighted by Gasteiger charge is -2.38. The van der Waals surface area contributed by atoms with Crippen LogP contribution < -0.4 is 0 Å². The molecule has 1 aliphatic carbocycles. The zero-order chi connectivity index (χ0) is 17.0. The number of amides is 1. The number of carbonyl (C=O) groups excluding carboxylic acids is 1. The van der Waals surface area contributed by atoms with Crippen molar-refractivity contribution in [1.82, 2.24) is 19.4 Å². The normalized spacial score (nSPS) is 25.8. The SMILES string of the molecule is O=C(c1cnc2c(c1)ncn2C1CC1)N1CCC2(CC1)CC(O)CO2. The van der Waals surface area contributed by atoms with Crippen LogP contribution in [-0.4, -0.2) is 61.9 Å². The van der Waals surface area contributed by atoms with Crippen LogP contribution in [0.4, 0.5) is 0 Å². The van der Waals surface area contributed by atoms with Gasteiger partial charge in [-0.1, -0.05) is 0 Å². The molecule has 4 heterocycles. The van der Waals surface area contributed by atoms with E-state index in [-0.39, 0.29) is 17.6 Å². The van der Waals surface area contributed by atoms with Crippen molar-refractivity contribution >= 4 is 17.1 Å². The minimum Gasteiger partial charge on any atom is -0.391 e. The fourth-order valence-corrected chi connectivity index (χ4v) is 4.12. The summed E-state index contributed by atoms with van der Waals surface area (Å²) < 4.78 is 7.91. The topological polar surface area (TPSA) is 80.5 Å². The molecule has 7 nitrogen and oxygen atoms in total. The second kappa shape index (κ2) is 5.51. The van der Waals surface area contributed by atoms with Crippen molar-refractivity contribution in [3.05, 3.63) is 24.2 Å². The van der Waals surface area contributed by atoms with Crippen LogP contribution in [0.1, 0.15) is 48.5 Å². The number of ether oxygens (including phenoxy) is 1. The van der Waals surface area contributed by atoms with E-state index in [0.29, 0.717) is 37.7 Å². The molecule has 7 heteroatoms. The third-order valence-corrected chi connectivity index (χ3v) is 5.75. The van der Waals surface area contributed by atoms with Gasteiger partial charge in [0.2, 0.25) is 0 Å². The molecule has 1 N–H and O–H groups in total. The first-order valence-electron chi connectivity index (χ1n) is 9.07. The Morgan fingerprint density at radius 3 is 2.76 bits per heavy atom. The van der Waals surface area contributed by atoms with Crippen LogP contribution in [0.3, 0.4) is 0 Å². The van der Waals surface area contributed by atoms with Crippen LogP contribution >= 0.6 is 0 Å². The minimum atomic E-state index is -0.365. The molecule has 0 bridgehead atoms. The summed E-state index contributed by atoms with van der Waals surface area (Å²) in [5.41, 5.74) is 2.01. The largest absolute Gasteiger partial charge is 0.391 e. The van der Waals surface area contributed by atoms with Gasteiger partial charge in [-0.25, -0.2) is 9.97 Å². The summed E-state index contributed by atoms with van der Waals surface area (Å²) >= 11 is 0. The fourth-order valence-electron chi connectivity index (χ4n) is 4.12. The van der Waals surface area contributed by atoms with Gasteiger partial charge in [0.15, 0.2) is 5.65 Å². The first-order valence-corrected chi connectivity index (χ1v) is 9.07. The quantitative estimate of drug-likeness (QED) is 0.895. The Morgan fingerprint density at radius 2 is 2.08 bits per heavy atom. The average molecular weight is 342 g/mol. The van der Waals surface area contributed by atoms with Crippen molar-refractivity contribution in [3.63, 3.8) is 0 Å². The monoisotopic (exact) mass is 342 g/mol. The van der Waals surface area contributed by atoms with Crippen molar-refractivity contribution in [1.29, 1.82) is 0 Å². The molecule has 3 aliphatic rings. The number of fused-ring (bicyclic) bond motifs is 1. The first kappa shape index (κ1) is 15.3. The molecule has 5 rings (SSSR count). The van der Waals surface area contributed by atoms with Crippen LogP contribution in [0.15, 0.2) is 18.6 Å². The standard InChI is InChI=1S/C18H22N4O3/c23-14-8-18(25-10-14)3-5-21(6-4-18)17(24)12-7-15-16(19-9-12)22(11-20-15)13-1-2-13/h7,9,11,13-14,23H,1-6,8,10H2. The predicted molar refractivity (Wildman–Crippen MR) is 90.2 cm³/mol. The Balaban J connectivity index is 1.32. The van der Waals surface area contributed by atoms with E-state index in [0.717, 1.165) is 24.0 Å². The van der Waals surface area contributed by atoms with Gasteiger partial charge in [-0.2, -0.15) is 0 Å². The Kier molecular flexibility index (Phi) is 3.36. The van der Waals surface area contributed by atoms with E-state index in [1.165, 1.54) is 12.8 Å². The zero-order valence-corrected chi connectivity index (χ0v) is 14.1. The number of likely N-dealkylation sites (tertiary alicyclic amines) is 1. The van der Waals surface area contributed by atoms with Crippen LogP contribution in [0.2, 0.25) is 0 Å². The molecular formula is C18H22N4O3. The van der Waals surface area contributed by atoms with Crippen molar-refractivity contribution in [3.8, 4) is 0 Å². The molecule has 1 unspecified atom stereocenters. The second-order valence-corrected chi connectivity index (χ2v) is 7.59. The predicted octanol–water partition coefficient (Wildman–Crippen LogP) is 1.52. The number of hydrogen-bond donors (Lipinski definition) is 1. The molecule has 1 spiro atoms. The van der Waals surface area contributed by atoms with E-state index in [1.807, 2.05) is 17.3 Å². The lowest BCUT2D eigenvalue weighted by Crippen LogP contribution is -2.46. The van der Waals surface area contributed by atoms with Crippen LogP contribution in [0.25, 0.3) is 11.2 Å². The van der Waals surface area contributed by atoms with Gasteiger partial charge in [0.1, 0.15) is 5.52 Å². The Hall–Kier alpha value is -1.99. The minimum absolute atomic E-state index is 0.00349. The summed E-state index contributed by atoms with van der Waals surface area (Å²) in [6.45, 7) is 1.72. The molecule has 1 saturated carbocycles. The van der Waals surface area contributed by atoms with Crippen LogP contribution in [-0.2, 0) is 4.74 Å². The molecular weight excluding hydrogens is 320 g/mol. The second-order valence-electron chi connectivity index (χ2n) is 7.59. The van der Waals surface area contributed by atoms with Gasteiger partial charge >= 0.3 is 0 Å². The van der Waals surface area contributed by atoms with Gasteiger partial charge < -0.3 is 19.3 Å². The maximum atomic E-state index is 12.8. The third-order valence-electron chi connectivity index (χ3n) is 5.75. The van der Waals surface area contributed by atoms with Gasteiger partial charge in [-0.05, 0) is 31.7 Å². The number of hydrogen-bond acceptors (Lipinski definition) is 5. The summed E-state index contributed by atoms with van der Waals surface area (Å²) in [6, 6.07) is 2.38. The number of pyridine rings is 1. The van der Waals surface area contributed by atoms with Gasteiger partial charge in [-0.15, -0.1) is 0 Å². The molecule has 3 fully saturated rings. The zero-order valence-electron chi connectivity index (χ0n) is 14.1. The first-order chi connectivity index (χ1) is 12.1. The molecule has 25 heavy (non-hydrogen) atoms. The fraction of sp³-hybridized carbons (Fsp3) is 0.611. The van der Waals surface area contributed by atoms with Crippen LogP contribution in [0, 0.1) is 0 Å². The van der Waals surface area contributed by atoms with Gasteiger partial charge in [0.05, 0.1) is 30.2 Å². The molecule has 2 aromatic heterocycles. The number of nitrogens with zero attached hydrogens (tertiary/aromatic N) is 4. The molecule has 1 amide bonds. The number of piperidine rings is 1. The molecule has 132 valence electrons. The highest BCUT2D eigenvalue weighted by molar-refractivity contribution is 5.96. The average Bonchev–Trinajstić information content (AvgIpc) is 3.29. The van der Waals surface area contributed by atoms with Crippen LogP contribution in [0.5, 0.6) is 0 Å².